The summed E-state index contributed by atoms with van der Waals surface area (Å²) in [6, 6.07) is 2.59. The van der Waals surface area contributed by atoms with Gasteiger partial charge in [-0.2, -0.15) is 0 Å². The Bertz CT molecular complexity index is 513. The van der Waals surface area contributed by atoms with Gasteiger partial charge in [-0.1, -0.05) is 0 Å². The van der Waals surface area contributed by atoms with Gasteiger partial charge in [0.05, 0.1) is 22.6 Å². The van der Waals surface area contributed by atoms with Gasteiger partial charge in [0.15, 0.2) is 0 Å². The van der Waals surface area contributed by atoms with Gasteiger partial charge >= 0.3 is 5.97 Å². The van der Waals surface area contributed by atoms with Crippen molar-refractivity contribution in [2.45, 2.75) is 12.5 Å². The fourth-order valence-corrected chi connectivity index (χ4v) is 3.41. The summed E-state index contributed by atoms with van der Waals surface area (Å²) in [4.78, 5) is 22.2. The van der Waals surface area contributed by atoms with E-state index in [0.29, 0.717) is 9.13 Å². The first-order valence-electron chi connectivity index (χ1n) is 5.24. The maximum Gasteiger partial charge on any atom is 0.305 e. The van der Waals surface area contributed by atoms with Crippen molar-refractivity contribution in [2.75, 3.05) is 6.54 Å². The van der Waals surface area contributed by atoms with Gasteiger partial charge in [0.2, 0.25) is 5.91 Å². The molecule has 0 aliphatic rings. The van der Waals surface area contributed by atoms with E-state index in [0.717, 1.165) is 3.57 Å². The summed E-state index contributed by atoms with van der Waals surface area (Å²) < 4.78 is 1.43. The van der Waals surface area contributed by atoms with E-state index in [1.807, 2.05) is 22.6 Å². The molecular formula is C11H13ClI2N2O4. The molecule has 0 aromatic heterocycles. The Morgan fingerprint density at radius 3 is 2.45 bits per heavy atom. The van der Waals surface area contributed by atoms with Crippen LogP contribution in [0.15, 0.2) is 12.1 Å². The van der Waals surface area contributed by atoms with Crippen LogP contribution in [0.2, 0.25) is 0 Å². The number of amides is 1. The Kier molecular flexibility index (Phi) is 8.70. The van der Waals surface area contributed by atoms with Gasteiger partial charge in [0.25, 0.3) is 0 Å². The van der Waals surface area contributed by atoms with E-state index >= 15 is 0 Å². The van der Waals surface area contributed by atoms with E-state index in [1.165, 1.54) is 0 Å². The Morgan fingerprint density at radius 1 is 1.35 bits per heavy atom. The van der Waals surface area contributed by atoms with Crippen molar-refractivity contribution in [3.05, 3.63) is 24.8 Å². The molecule has 0 aliphatic heterocycles. The number of benzene rings is 1. The molecule has 1 aromatic rings. The maximum atomic E-state index is 11.3. The van der Waals surface area contributed by atoms with Gasteiger partial charge in [-0.15, -0.1) is 12.4 Å². The third kappa shape index (κ3) is 5.58. The number of aromatic hydroxyl groups is 1. The molecule has 20 heavy (non-hydrogen) atoms. The molecule has 0 heterocycles. The second-order valence-corrected chi connectivity index (χ2v) is 6.16. The minimum atomic E-state index is -1.07. The summed E-state index contributed by atoms with van der Waals surface area (Å²) >= 11 is 4.00. The van der Waals surface area contributed by atoms with Gasteiger partial charge < -0.3 is 21.3 Å². The number of hydrogen-bond donors (Lipinski definition) is 4. The van der Waals surface area contributed by atoms with Gasteiger partial charge in [0.1, 0.15) is 5.75 Å². The van der Waals surface area contributed by atoms with Crippen LogP contribution in [0.4, 0.5) is 0 Å². The molecule has 1 unspecified atom stereocenters. The lowest BCUT2D eigenvalue weighted by Gasteiger charge is -2.19. The van der Waals surface area contributed by atoms with Crippen LogP contribution in [0, 0.1) is 7.14 Å². The first-order chi connectivity index (χ1) is 8.85. The number of hydrogen-bond acceptors (Lipinski definition) is 4. The number of carboxylic acids is 1. The predicted octanol–water partition coefficient (Wildman–Crippen LogP) is 1.61. The van der Waals surface area contributed by atoms with Gasteiger partial charge in [-0.3, -0.25) is 9.59 Å². The molecule has 1 aromatic carbocycles. The van der Waals surface area contributed by atoms with Crippen LogP contribution in [-0.2, 0) is 9.59 Å². The molecule has 0 saturated carbocycles. The number of phenolic OH excluding ortho intramolecular Hbond substituents is 1. The number of nitrogens with two attached hydrogens (primary N) is 1. The van der Waals surface area contributed by atoms with Crippen molar-refractivity contribution in [2.24, 2.45) is 5.73 Å². The standard InChI is InChI=1S/C11H12I2N2O4.ClH/c12-5-1-6(11(19)7(13)2-5)8(3-10(17)18)15-9(16)4-14;/h1-2,8,19H,3-4,14H2,(H,15,16)(H,17,18);1H. The number of carbonyl (C=O) groups is 2. The van der Waals surface area contributed by atoms with Crippen LogP contribution in [0.1, 0.15) is 18.0 Å². The summed E-state index contributed by atoms with van der Waals surface area (Å²) in [5.74, 6) is -1.57. The van der Waals surface area contributed by atoms with Crippen molar-refractivity contribution in [3.63, 3.8) is 0 Å². The molecule has 9 heteroatoms. The molecule has 0 fully saturated rings. The molecule has 6 nitrogen and oxygen atoms in total. The highest BCUT2D eigenvalue weighted by Gasteiger charge is 2.22. The largest absolute Gasteiger partial charge is 0.506 e. The van der Waals surface area contributed by atoms with Crippen LogP contribution in [0.25, 0.3) is 0 Å². The van der Waals surface area contributed by atoms with Gasteiger partial charge in [-0.05, 0) is 57.3 Å². The molecule has 112 valence electrons. The van der Waals surface area contributed by atoms with Crippen molar-refractivity contribution < 1.29 is 19.8 Å². The second kappa shape index (κ2) is 8.85. The third-order valence-electron chi connectivity index (χ3n) is 2.33. The summed E-state index contributed by atoms with van der Waals surface area (Å²) in [6.07, 6.45) is -0.324. The number of nitrogens with one attached hydrogen (secondary N) is 1. The fourth-order valence-electron chi connectivity index (χ4n) is 1.52. The summed E-state index contributed by atoms with van der Waals surface area (Å²) in [5, 5.41) is 21.4. The molecule has 1 rings (SSSR count). The van der Waals surface area contributed by atoms with Crippen molar-refractivity contribution in [3.8, 4) is 5.75 Å². The zero-order chi connectivity index (χ0) is 14.6. The van der Waals surface area contributed by atoms with Gasteiger partial charge in [-0.25, -0.2) is 0 Å². The van der Waals surface area contributed by atoms with Crippen molar-refractivity contribution in [1.29, 1.82) is 0 Å². The summed E-state index contributed by atoms with van der Waals surface area (Å²) in [7, 11) is 0. The van der Waals surface area contributed by atoms with E-state index < -0.39 is 17.9 Å². The number of carboxylic acid groups (broad SMARTS) is 1. The average Bonchev–Trinajstić information content (AvgIpc) is 2.32. The number of phenols is 1. The molecular weight excluding hydrogens is 513 g/mol. The molecule has 1 atom stereocenters. The van der Waals surface area contributed by atoms with E-state index in [4.69, 9.17) is 10.8 Å². The normalized spacial score (nSPS) is 11.3. The molecule has 0 bridgehead atoms. The first kappa shape index (κ1) is 19.7. The molecule has 5 N–H and O–H groups in total. The average molecular weight is 526 g/mol. The third-order valence-corrected chi connectivity index (χ3v) is 3.78. The SMILES string of the molecule is Cl.NCC(=O)NC(CC(=O)O)c1cc(I)cc(I)c1O. The van der Waals surface area contributed by atoms with E-state index in [9.17, 15) is 14.7 Å². The Morgan fingerprint density at radius 2 is 1.95 bits per heavy atom. The fraction of sp³-hybridized carbons (Fsp3) is 0.273. The smallest absolute Gasteiger partial charge is 0.305 e. The van der Waals surface area contributed by atoms with Gasteiger partial charge in [0, 0.05) is 9.13 Å². The van der Waals surface area contributed by atoms with Crippen LogP contribution < -0.4 is 11.1 Å². The minimum Gasteiger partial charge on any atom is -0.506 e. The lowest BCUT2D eigenvalue weighted by atomic mass is 10.0. The Balaban J connectivity index is 0.00000361. The van der Waals surface area contributed by atoms with Crippen LogP contribution in [-0.4, -0.2) is 28.6 Å². The quantitative estimate of drug-likeness (QED) is 0.436. The lowest BCUT2D eigenvalue weighted by molar-refractivity contribution is -0.137. The highest BCUT2D eigenvalue weighted by Crippen LogP contribution is 2.32. The molecule has 0 saturated heterocycles. The highest BCUT2D eigenvalue weighted by molar-refractivity contribution is 14.1. The Hall–Kier alpha value is -0.330. The Labute approximate surface area is 149 Å². The summed E-state index contributed by atoms with van der Waals surface area (Å²) in [6.45, 7) is -0.238. The second-order valence-electron chi connectivity index (χ2n) is 3.75. The van der Waals surface area contributed by atoms with E-state index in [-0.39, 0.29) is 31.1 Å². The van der Waals surface area contributed by atoms with Crippen LogP contribution >= 0.6 is 57.6 Å². The topological polar surface area (TPSA) is 113 Å². The molecule has 1 amide bonds. The minimum absolute atomic E-state index is 0. The molecule has 0 aliphatic carbocycles. The molecule has 0 spiro atoms. The number of rotatable bonds is 5. The number of aliphatic carboxylic acids is 1. The lowest BCUT2D eigenvalue weighted by Crippen LogP contribution is -2.35. The highest BCUT2D eigenvalue weighted by atomic mass is 127. The van der Waals surface area contributed by atoms with E-state index in [1.54, 1.807) is 12.1 Å². The van der Waals surface area contributed by atoms with Crippen molar-refractivity contribution in [1.82, 2.24) is 5.32 Å². The zero-order valence-electron chi connectivity index (χ0n) is 10.1. The van der Waals surface area contributed by atoms with Crippen LogP contribution in [0.5, 0.6) is 5.75 Å². The van der Waals surface area contributed by atoms with E-state index in [2.05, 4.69) is 27.9 Å². The predicted molar refractivity (Wildman–Crippen MR) is 93.0 cm³/mol. The van der Waals surface area contributed by atoms with Crippen molar-refractivity contribution >= 4 is 69.5 Å². The monoisotopic (exact) mass is 526 g/mol. The number of carbonyl (C=O) groups excluding carboxylic acids is 1. The first-order valence-corrected chi connectivity index (χ1v) is 7.40. The molecule has 0 radical (unpaired) electrons. The van der Waals surface area contributed by atoms with Crippen LogP contribution in [0.3, 0.4) is 0 Å². The number of halogens is 3. The maximum absolute atomic E-state index is 11.3. The zero-order valence-corrected chi connectivity index (χ0v) is 15.2. The summed E-state index contributed by atoms with van der Waals surface area (Å²) in [5.41, 5.74) is 5.58.